The van der Waals surface area contributed by atoms with E-state index in [0.29, 0.717) is 18.1 Å². The number of methoxy groups -OCH3 is 1. The van der Waals surface area contributed by atoms with Gasteiger partial charge in [0.2, 0.25) is 0 Å². The molecule has 3 rings (SSSR count). The van der Waals surface area contributed by atoms with E-state index in [4.69, 9.17) is 16.3 Å². The van der Waals surface area contributed by atoms with Gasteiger partial charge in [-0.05, 0) is 48.9 Å². The highest BCUT2D eigenvalue weighted by Crippen LogP contribution is 2.21. The summed E-state index contributed by atoms with van der Waals surface area (Å²) in [7, 11) is 1.66. The Morgan fingerprint density at radius 1 is 1.04 bits per heavy atom. The van der Waals surface area contributed by atoms with E-state index in [1.54, 1.807) is 7.11 Å². The normalized spacial score (nSPS) is 15.5. The van der Waals surface area contributed by atoms with Gasteiger partial charge in [0, 0.05) is 36.9 Å². The fourth-order valence-corrected chi connectivity index (χ4v) is 3.20. The van der Waals surface area contributed by atoms with Gasteiger partial charge in [-0.3, -0.25) is 0 Å². The number of ether oxygens (including phenoxy) is 1. The first-order chi connectivity index (χ1) is 12.6. The van der Waals surface area contributed by atoms with E-state index in [0.717, 1.165) is 30.1 Å². The number of nitrogens with one attached hydrogen (secondary N) is 1. The average Bonchev–Trinajstić information content (AvgIpc) is 2.68. The van der Waals surface area contributed by atoms with Crippen LogP contribution in [0, 0.1) is 0 Å². The van der Waals surface area contributed by atoms with Gasteiger partial charge >= 0.3 is 6.03 Å². The molecule has 1 aliphatic heterocycles. The summed E-state index contributed by atoms with van der Waals surface area (Å²) >= 11 is 5.92. The molecule has 1 heterocycles. The second kappa shape index (κ2) is 8.32. The molecule has 0 saturated carbocycles. The predicted molar refractivity (Wildman–Crippen MR) is 105 cm³/mol. The number of anilines is 1. The van der Waals surface area contributed by atoms with Crippen molar-refractivity contribution in [1.82, 2.24) is 10.2 Å². The molecule has 138 valence electrons. The van der Waals surface area contributed by atoms with Crippen LogP contribution in [0.3, 0.4) is 0 Å². The first-order valence-corrected chi connectivity index (χ1v) is 9.14. The highest BCUT2D eigenvalue weighted by molar-refractivity contribution is 6.30. The van der Waals surface area contributed by atoms with E-state index in [1.807, 2.05) is 48.2 Å². The molecular weight excluding hydrogens is 350 g/mol. The van der Waals surface area contributed by atoms with Gasteiger partial charge < -0.3 is 19.9 Å². The van der Waals surface area contributed by atoms with E-state index in [9.17, 15) is 4.79 Å². The first kappa shape index (κ1) is 18.4. The van der Waals surface area contributed by atoms with Crippen LogP contribution < -0.4 is 15.0 Å². The van der Waals surface area contributed by atoms with Crippen molar-refractivity contribution in [3.8, 4) is 5.75 Å². The summed E-state index contributed by atoms with van der Waals surface area (Å²) in [5, 5.41) is 3.76. The van der Waals surface area contributed by atoms with Crippen LogP contribution in [0.2, 0.25) is 5.02 Å². The third-order valence-electron chi connectivity index (χ3n) is 4.71. The SMILES string of the molecule is COc1ccc(N2CCN(C(=O)NC(C)c3ccc(Cl)cc3)CC2)cc1. The van der Waals surface area contributed by atoms with Crippen LogP contribution >= 0.6 is 11.6 Å². The zero-order valence-electron chi connectivity index (χ0n) is 15.1. The van der Waals surface area contributed by atoms with Crippen LogP contribution in [-0.4, -0.2) is 44.2 Å². The molecule has 2 aromatic rings. The van der Waals surface area contributed by atoms with Crippen molar-refractivity contribution < 1.29 is 9.53 Å². The molecule has 2 amide bonds. The number of halogens is 1. The lowest BCUT2D eigenvalue weighted by Crippen LogP contribution is -2.52. The molecule has 0 aliphatic carbocycles. The second-order valence-electron chi connectivity index (χ2n) is 6.39. The largest absolute Gasteiger partial charge is 0.497 e. The van der Waals surface area contributed by atoms with Gasteiger partial charge in [-0.2, -0.15) is 0 Å². The fraction of sp³-hybridized carbons (Fsp3) is 0.350. The molecule has 1 fully saturated rings. The molecule has 1 saturated heterocycles. The van der Waals surface area contributed by atoms with Crippen molar-refractivity contribution in [2.45, 2.75) is 13.0 Å². The van der Waals surface area contributed by atoms with Gasteiger partial charge in [0.1, 0.15) is 5.75 Å². The molecule has 6 heteroatoms. The smallest absolute Gasteiger partial charge is 0.317 e. The third-order valence-corrected chi connectivity index (χ3v) is 4.97. The molecule has 0 radical (unpaired) electrons. The Labute approximate surface area is 159 Å². The summed E-state index contributed by atoms with van der Waals surface area (Å²) in [6, 6.07) is 15.5. The standard InChI is InChI=1S/C20H24ClN3O2/c1-15(16-3-5-17(21)6-4-16)22-20(25)24-13-11-23(12-14-24)18-7-9-19(26-2)10-8-18/h3-10,15H,11-14H2,1-2H3,(H,22,25). The quantitative estimate of drug-likeness (QED) is 0.882. The van der Waals surface area contributed by atoms with Crippen molar-refractivity contribution >= 4 is 23.3 Å². The van der Waals surface area contributed by atoms with Gasteiger partial charge in [-0.1, -0.05) is 23.7 Å². The zero-order valence-corrected chi connectivity index (χ0v) is 15.9. The molecular formula is C20H24ClN3O2. The Bertz CT molecular complexity index is 726. The van der Waals surface area contributed by atoms with Crippen molar-refractivity contribution in [2.24, 2.45) is 0 Å². The summed E-state index contributed by atoms with van der Waals surface area (Å²) in [5.41, 5.74) is 2.19. The van der Waals surface area contributed by atoms with Gasteiger partial charge in [-0.15, -0.1) is 0 Å². The van der Waals surface area contributed by atoms with Gasteiger partial charge in [0.15, 0.2) is 0 Å². The molecule has 2 aromatic carbocycles. The number of urea groups is 1. The number of amides is 2. The summed E-state index contributed by atoms with van der Waals surface area (Å²) in [6.07, 6.45) is 0. The van der Waals surface area contributed by atoms with Crippen molar-refractivity contribution in [1.29, 1.82) is 0 Å². The van der Waals surface area contributed by atoms with Crippen LogP contribution in [-0.2, 0) is 0 Å². The molecule has 0 bridgehead atoms. The minimum Gasteiger partial charge on any atom is -0.497 e. The molecule has 1 aliphatic rings. The maximum absolute atomic E-state index is 12.5. The number of carbonyl (C=O) groups is 1. The Balaban J connectivity index is 1.52. The lowest BCUT2D eigenvalue weighted by atomic mass is 10.1. The van der Waals surface area contributed by atoms with E-state index in [-0.39, 0.29) is 12.1 Å². The third kappa shape index (κ3) is 4.41. The Kier molecular flexibility index (Phi) is 5.89. The number of nitrogens with zero attached hydrogens (tertiary/aromatic N) is 2. The maximum atomic E-state index is 12.5. The Morgan fingerprint density at radius 2 is 1.65 bits per heavy atom. The predicted octanol–water partition coefficient (Wildman–Crippen LogP) is 3.94. The maximum Gasteiger partial charge on any atom is 0.317 e. The fourth-order valence-electron chi connectivity index (χ4n) is 3.07. The Hall–Kier alpha value is -2.40. The summed E-state index contributed by atoms with van der Waals surface area (Å²) in [6.45, 7) is 5.01. The minimum absolute atomic E-state index is 0.0261. The second-order valence-corrected chi connectivity index (χ2v) is 6.83. The Morgan fingerprint density at radius 3 is 2.23 bits per heavy atom. The summed E-state index contributed by atoms with van der Waals surface area (Å²) in [5.74, 6) is 0.850. The van der Waals surface area contributed by atoms with E-state index in [2.05, 4.69) is 22.3 Å². The van der Waals surface area contributed by atoms with Crippen LogP contribution in [0.4, 0.5) is 10.5 Å². The van der Waals surface area contributed by atoms with Crippen LogP contribution in [0.15, 0.2) is 48.5 Å². The number of rotatable bonds is 4. The average molecular weight is 374 g/mol. The molecule has 0 aromatic heterocycles. The molecule has 0 spiro atoms. The molecule has 1 atom stereocenters. The van der Waals surface area contributed by atoms with Crippen molar-refractivity contribution in [3.63, 3.8) is 0 Å². The van der Waals surface area contributed by atoms with E-state index < -0.39 is 0 Å². The monoisotopic (exact) mass is 373 g/mol. The van der Waals surface area contributed by atoms with Gasteiger partial charge in [0.25, 0.3) is 0 Å². The van der Waals surface area contributed by atoms with Crippen LogP contribution in [0.25, 0.3) is 0 Å². The van der Waals surface area contributed by atoms with E-state index >= 15 is 0 Å². The molecule has 1 N–H and O–H groups in total. The molecule has 5 nitrogen and oxygen atoms in total. The zero-order chi connectivity index (χ0) is 18.5. The van der Waals surface area contributed by atoms with Crippen LogP contribution in [0.1, 0.15) is 18.5 Å². The number of hydrogen-bond donors (Lipinski definition) is 1. The number of benzene rings is 2. The van der Waals surface area contributed by atoms with Crippen LogP contribution in [0.5, 0.6) is 5.75 Å². The van der Waals surface area contributed by atoms with E-state index in [1.165, 1.54) is 0 Å². The summed E-state index contributed by atoms with van der Waals surface area (Å²) in [4.78, 5) is 16.7. The topological polar surface area (TPSA) is 44.8 Å². The van der Waals surface area contributed by atoms with Crippen molar-refractivity contribution in [2.75, 3.05) is 38.2 Å². The molecule has 1 unspecified atom stereocenters. The summed E-state index contributed by atoms with van der Waals surface area (Å²) < 4.78 is 5.20. The van der Waals surface area contributed by atoms with Gasteiger partial charge in [0.05, 0.1) is 13.2 Å². The number of carbonyl (C=O) groups excluding carboxylic acids is 1. The van der Waals surface area contributed by atoms with Gasteiger partial charge in [-0.25, -0.2) is 4.79 Å². The molecule has 26 heavy (non-hydrogen) atoms. The highest BCUT2D eigenvalue weighted by Gasteiger charge is 2.22. The first-order valence-electron chi connectivity index (χ1n) is 8.77. The highest BCUT2D eigenvalue weighted by atomic mass is 35.5. The lowest BCUT2D eigenvalue weighted by molar-refractivity contribution is 0.191. The number of piperazine rings is 1. The van der Waals surface area contributed by atoms with Crippen molar-refractivity contribution in [3.05, 3.63) is 59.1 Å². The number of hydrogen-bond acceptors (Lipinski definition) is 3. The lowest BCUT2D eigenvalue weighted by Gasteiger charge is -2.36. The minimum atomic E-state index is -0.0561.